The average Bonchev–Trinajstić information content (AvgIpc) is 3.23. The molecule has 0 aliphatic heterocycles. The summed E-state index contributed by atoms with van der Waals surface area (Å²) in [7, 11) is 0. The predicted octanol–water partition coefficient (Wildman–Crippen LogP) is 4.65. The summed E-state index contributed by atoms with van der Waals surface area (Å²) in [6.07, 6.45) is 1.56. The zero-order valence-electron chi connectivity index (χ0n) is 17.8. The second-order valence-corrected chi connectivity index (χ2v) is 7.98. The van der Waals surface area contributed by atoms with E-state index >= 15 is 0 Å². The largest absolute Gasteiger partial charge is 0.368 e. The smallest absolute Gasteiger partial charge is 0.239 e. The Morgan fingerprint density at radius 2 is 1.85 bits per heavy atom. The fourth-order valence-corrected chi connectivity index (χ4v) is 3.63. The van der Waals surface area contributed by atoms with Crippen LogP contribution < -0.4 is 11.1 Å². The van der Waals surface area contributed by atoms with Gasteiger partial charge in [0.15, 0.2) is 5.78 Å². The monoisotopic (exact) mass is 481 g/mol. The third kappa shape index (κ3) is 4.94. The molecule has 0 fully saturated rings. The van der Waals surface area contributed by atoms with E-state index in [-0.39, 0.29) is 28.6 Å². The van der Waals surface area contributed by atoms with Crippen LogP contribution in [0.25, 0.3) is 11.3 Å². The normalized spacial score (nSPS) is 10.8. The first kappa shape index (κ1) is 23.1. The minimum Gasteiger partial charge on any atom is -0.368 e. The van der Waals surface area contributed by atoms with E-state index in [9.17, 15) is 18.4 Å². The molecular formula is C24H18ClF2N5O2. The van der Waals surface area contributed by atoms with Crippen molar-refractivity contribution in [2.24, 2.45) is 5.73 Å². The first-order valence-corrected chi connectivity index (χ1v) is 10.4. The Kier molecular flexibility index (Phi) is 6.38. The highest BCUT2D eigenvalue weighted by molar-refractivity contribution is 6.35. The van der Waals surface area contributed by atoms with Crippen LogP contribution in [-0.2, 0) is 11.3 Å². The van der Waals surface area contributed by atoms with Crippen LogP contribution in [0, 0.1) is 18.6 Å². The summed E-state index contributed by atoms with van der Waals surface area (Å²) in [5.41, 5.74) is 8.18. The van der Waals surface area contributed by atoms with E-state index in [0.717, 1.165) is 17.7 Å². The summed E-state index contributed by atoms with van der Waals surface area (Å²) in [4.78, 5) is 24.4. The summed E-state index contributed by atoms with van der Waals surface area (Å²) in [5.74, 6) is -2.30. The van der Waals surface area contributed by atoms with Gasteiger partial charge in [-0.05, 0) is 48.9 Å². The van der Waals surface area contributed by atoms with E-state index < -0.39 is 17.5 Å². The van der Waals surface area contributed by atoms with E-state index in [2.05, 4.69) is 15.6 Å². The van der Waals surface area contributed by atoms with Crippen LogP contribution in [0.5, 0.6) is 0 Å². The molecule has 34 heavy (non-hydrogen) atoms. The second kappa shape index (κ2) is 9.40. The molecule has 0 bridgehead atoms. The number of aryl methyl sites for hydroxylation is 1. The van der Waals surface area contributed by atoms with Crippen molar-refractivity contribution < 1.29 is 18.4 Å². The molecule has 4 aromatic rings. The number of hydrogen-bond donors (Lipinski definition) is 2. The highest BCUT2D eigenvalue weighted by atomic mass is 35.5. The van der Waals surface area contributed by atoms with Gasteiger partial charge in [0.2, 0.25) is 5.91 Å². The summed E-state index contributed by atoms with van der Waals surface area (Å²) in [6, 6.07) is 13.0. The lowest BCUT2D eigenvalue weighted by molar-refractivity contribution is -0.118. The van der Waals surface area contributed by atoms with Crippen molar-refractivity contribution in [3.8, 4) is 11.3 Å². The third-order valence-corrected chi connectivity index (χ3v) is 5.37. The maximum Gasteiger partial charge on any atom is 0.239 e. The van der Waals surface area contributed by atoms with Gasteiger partial charge in [-0.2, -0.15) is 0 Å². The summed E-state index contributed by atoms with van der Waals surface area (Å²) >= 11 is 6.38. The van der Waals surface area contributed by atoms with Crippen molar-refractivity contribution in [3.05, 3.63) is 94.1 Å². The van der Waals surface area contributed by atoms with E-state index in [4.69, 9.17) is 17.3 Å². The van der Waals surface area contributed by atoms with Crippen LogP contribution in [0.2, 0.25) is 5.02 Å². The summed E-state index contributed by atoms with van der Waals surface area (Å²) in [5, 5.41) is 10.9. The molecule has 3 aromatic carbocycles. The van der Waals surface area contributed by atoms with Crippen LogP contribution in [0.4, 0.5) is 20.2 Å². The number of primary amides is 1. The number of rotatable bonds is 7. The van der Waals surface area contributed by atoms with Gasteiger partial charge in [0.05, 0.1) is 16.9 Å². The van der Waals surface area contributed by atoms with Crippen molar-refractivity contribution in [1.29, 1.82) is 0 Å². The van der Waals surface area contributed by atoms with Gasteiger partial charge in [-0.25, -0.2) is 13.5 Å². The van der Waals surface area contributed by atoms with E-state index in [1.807, 2.05) is 0 Å². The molecule has 0 unspecified atom stereocenters. The molecule has 172 valence electrons. The number of ketones is 1. The Morgan fingerprint density at radius 1 is 1.06 bits per heavy atom. The van der Waals surface area contributed by atoms with Gasteiger partial charge in [0.1, 0.15) is 23.9 Å². The average molecular weight is 482 g/mol. The van der Waals surface area contributed by atoms with Gasteiger partial charge in [-0.3, -0.25) is 9.59 Å². The topological polar surface area (TPSA) is 103 Å². The highest BCUT2D eigenvalue weighted by Gasteiger charge is 2.18. The zero-order valence-corrected chi connectivity index (χ0v) is 18.6. The number of nitrogens with one attached hydrogen (secondary N) is 1. The molecule has 0 saturated heterocycles. The van der Waals surface area contributed by atoms with E-state index in [1.54, 1.807) is 37.4 Å². The molecule has 0 aliphatic rings. The van der Waals surface area contributed by atoms with Gasteiger partial charge >= 0.3 is 0 Å². The predicted molar refractivity (Wildman–Crippen MR) is 124 cm³/mol. The molecule has 0 radical (unpaired) electrons. The lowest BCUT2D eigenvalue weighted by Crippen LogP contribution is -2.18. The van der Waals surface area contributed by atoms with Gasteiger partial charge in [-0.1, -0.05) is 28.9 Å². The number of hydrogen-bond acceptors (Lipinski definition) is 5. The quantitative estimate of drug-likeness (QED) is 0.374. The van der Waals surface area contributed by atoms with Crippen molar-refractivity contribution in [2.75, 3.05) is 5.32 Å². The first-order valence-electron chi connectivity index (χ1n) is 10.1. The Bertz CT molecular complexity index is 1420. The van der Waals surface area contributed by atoms with Crippen LogP contribution >= 0.6 is 11.6 Å². The molecule has 10 heteroatoms. The maximum atomic E-state index is 13.9. The molecule has 0 atom stereocenters. The molecule has 1 amide bonds. The van der Waals surface area contributed by atoms with Crippen LogP contribution in [0.3, 0.4) is 0 Å². The van der Waals surface area contributed by atoms with E-state index in [1.165, 1.54) is 22.9 Å². The maximum absolute atomic E-state index is 13.9. The molecular weight excluding hydrogens is 464 g/mol. The Balaban J connectivity index is 1.60. The number of carbonyl (C=O) groups is 2. The van der Waals surface area contributed by atoms with Gasteiger partial charge in [0, 0.05) is 28.4 Å². The SMILES string of the molecule is Cc1ccc(-c2cn(CC(N)=O)nn2)cc1C(=O)c1ccc(Nc2ccc(F)cc2F)cc1Cl. The molecule has 1 aromatic heterocycles. The molecule has 4 rings (SSSR count). The Labute approximate surface area is 198 Å². The van der Waals surface area contributed by atoms with Crippen LogP contribution in [0.15, 0.2) is 60.8 Å². The number of halogens is 3. The van der Waals surface area contributed by atoms with E-state index in [0.29, 0.717) is 22.5 Å². The van der Waals surface area contributed by atoms with Crippen LogP contribution in [0.1, 0.15) is 21.5 Å². The summed E-state index contributed by atoms with van der Waals surface area (Å²) < 4.78 is 28.4. The van der Waals surface area contributed by atoms with Gasteiger partial charge < -0.3 is 11.1 Å². The molecule has 1 heterocycles. The third-order valence-electron chi connectivity index (χ3n) is 5.06. The molecule has 3 N–H and O–H groups in total. The van der Waals surface area contributed by atoms with Crippen molar-refractivity contribution in [2.45, 2.75) is 13.5 Å². The molecule has 7 nitrogen and oxygen atoms in total. The fourth-order valence-electron chi connectivity index (χ4n) is 3.36. The lowest BCUT2D eigenvalue weighted by Gasteiger charge is -2.12. The van der Waals surface area contributed by atoms with Crippen molar-refractivity contribution >= 4 is 34.7 Å². The number of anilines is 2. The van der Waals surface area contributed by atoms with Crippen LogP contribution in [-0.4, -0.2) is 26.7 Å². The van der Waals surface area contributed by atoms with Gasteiger partial charge in [0.25, 0.3) is 0 Å². The van der Waals surface area contributed by atoms with Gasteiger partial charge in [-0.15, -0.1) is 5.10 Å². The Morgan fingerprint density at radius 3 is 2.56 bits per heavy atom. The molecule has 0 saturated carbocycles. The fraction of sp³-hybridized carbons (Fsp3) is 0.0833. The number of nitrogens with two attached hydrogens (primary N) is 1. The number of carbonyl (C=O) groups excluding carboxylic acids is 2. The number of benzene rings is 3. The molecule has 0 aliphatic carbocycles. The highest BCUT2D eigenvalue weighted by Crippen LogP contribution is 2.29. The zero-order chi connectivity index (χ0) is 24.4. The standard InChI is InChI=1S/C24H18ClF2N5O2/c1-13-2-3-14(22-11-32(31-30-22)12-23(28)33)8-18(13)24(34)17-6-5-16(10-19(17)25)29-21-7-4-15(26)9-20(21)27/h2-11,29H,12H2,1H3,(H2,28,33). The second-order valence-electron chi connectivity index (χ2n) is 7.57. The van der Waals surface area contributed by atoms with Crippen molar-refractivity contribution in [3.63, 3.8) is 0 Å². The molecule has 0 spiro atoms. The number of aromatic nitrogens is 3. The Hall–Kier alpha value is -4.11. The number of nitrogens with zero attached hydrogens (tertiary/aromatic N) is 3. The minimum atomic E-state index is -0.753. The minimum absolute atomic E-state index is 0.0736. The van der Waals surface area contributed by atoms with Crippen molar-refractivity contribution in [1.82, 2.24) is 15.0 Å². The lowest BCUT2D eigenvalue weighted by atomic mass is 9.96. The number of amides is 1. The first-order chi connectivity index (χ1) is 16.2. The summed E-state index contributed by atoms with van der Waals surface area (Å²) in [6.45, 7) is 1.69.